The molecule has 0 bridgehead atoms. The minimum atomic E-state index is -0.736. The first-order valence-electron chi connectivity index (χ1n) is 5.44. The molecule has 0 fully saturated rings. The standard InChI is InChI=1S/C13H10BrClFNO2/c1-7(18)8-3-2-4-17-13(8)19-12-6-11(16)10(15)5-9(12)14/h2-7,18H,1H3/t7-/m1/s1. The molecule has 3 nitrogen and oxygen atoms in total. The zero-order valence-electron chi connectivity index (χ0n) is 9.90. The van der Waals surface area contributed by atoms with Gasteiger partial charge in [-0.3, -0.25) is 0 Å². The molecule has 0 saturated heterocycles. The van der Waals surface area contributed by atoms with Gasteiger partial charge in [-0.2, -0.15) is 0 Å². The molecule has 0 spiro atoms. The number of rotatable bonds is 3. The molecule has 1 atom stereocenters. The summed E-state index contributed by atoms with van der Waals surface area (Å²) in [4.78, 5) is 4.03. The Morgan fingerprint density at radius 3 is 2.89 bits per heavy atom. The van der Waals surface area contributed by atoms with Crippen molar-refractivity contribution in [1.82, 2.24) is 4.98 Å². The molecular formula is C13H10BrClFNO2. The van der Waals surface area contributed by atoms with Crippen molar-refractivity contribution in [2.24, 2.45) is 0 Å². The Balaban J connectivity index is 2.39. The van der Waals surface area contributed by atoms with Gasteiger partial charge < -0.3 is 9.84 Å². The van der Waals surface area contributed by atoms with Gasteiger partial charge in [0.15, 0.2) is 0 Å². The van der Waals surface area contributed by atoms with Crippen LogP contribution in [-0.2, 0) is 0 Å². The lowest BCUT2D eigenvalue weighted by atomic mass is 10.2. The van der Waals surface area contributed by atoms with Crippen LogP contribution in [0.4, 0.5) is 4.39 Å². The summed E-state index contributed by atoms with van der Waals surface area (Å²) in [5.74, 6) is -0.128. The number of nitrogens with zero attached hydrogens (tertiary/aromatic N) is 1. The molecule has 0 radical (unpaired) electrons. The van der Waals surface area contributed by atoms with E-state index >= 15 is 0 Å². The minimum absolute atomic E-state index is 0.00371. The molecule has 19 heavy (non-hydrogen) atoms. The van der Waals surface area contributed by atoms with Gasteiger partial charge in [-0.25, -0.2) is 9.37 Å². The third-order valence-corrected chi connectivity index (χ3v) is 3.34. The summed E-state index contributed by atoms with van der Waals surface area (Å²) in [6.45, 7) is 1.60. The molecule has 6 heteroatoms. The minimum Gasteiger partial charge on any atom is -0.437 e. The lowest BCUT2D eigenvalue weighted by molar-refractivity contribution is 0.194. The number of aromatic nitrogens is 1. The van der Waals surface area contributed by atoms with Crippen LogP contribution < -0.4 is 4.74 Å². The molecule has 0 aliphatic carbocycles. The van der Waals surface area contributed by atoms with E-state index < -0.39 is 11.9 Å². The third kappa shape index (κ3) is 3.23. The molecule has 1 heterocycles. The van der Waals surface area contributed by atoms with Crippen LogP contribution in [0.5, 0.6) is 11.6 Å². The number of aliphatic hydroxyl groups excluding tert-OH is 1. The summed E-state index contributed by atoms with van der Waals surface area (Å²) < 4.78 is 19.4. The largest absolute Gasteiger partial charge is 0.437 e. The van der Waals surface area contributed by atoms with Gasteiger partial charge in [0.05, 0.1) is 15.6 Å². The molecule has 1 aromatic heterocycles. The first-order chi connectivity index (χ1) is 8.99. The van der Waals surface area contributed by atoms with Gasteiger partial charge in [-0.1, -0.05) is 11.6 Å². The number of hydrogen-bond donors (Lipinski definition) is 1. The normalized spacial score (nSPS) is 12.3. The second-order valence-corrected chi connectivity index (χ2v) is 5.13. The highest BCUT2D eigenvalue weighted by Gasteiger charge is 2.14. The Morgan fingerprint density at radius 2 is 2.21 bits per heavy atom. The smallest absolute Gasteiger partial charge is 0.225 e. The second kappa shape index (κ2) is 5.86. The fourth-order valence-electron chi connectivity index (χ4n) is 1.49. The van der Waals surface area contributed by atoms with Crippen LogP contribution in [0.1, 0.15) is 18.6 Å². The predicted molar refractivity (Wildman–Crippen MR) is 74.1 cm³/mol. The van der Waals surface area contributed by atoms with E-state index in [1.54, 1.807) is 19.1 Å². The van der Waals surface area contributed by atoms with Gasteiger partial charge in [0.1, 0.15) is 11.6 Å². The maximum atomic E-state index is 13.4. The molecule has 0 aliphatic heterocycles. The lowest BCUT2D eigenvalue weighted by Gasteiger charge is -2.13. The molecule has 0 saturated carbocycles. The van der Waals surface area contributed by atoms with Crippen molar-refractivity contribution >= 4 is 27.5 Å². The lowest BCUT2D eigenvalue weighted by Crippen LogP contribution is -1.98. The summed E-state index contributed by atoms with van der Waals surface area (Å²) in [6, 6.07) is 5.93. The van der Waals surface area contributed by atoms with E-state index in [0.717, 1.165) is 6.07 Å². The van der Waals surface area contributed by atoms with Gasteiger partial charge in [0.25, 0.3) is 0 Å². The molecule has 100 valence electrons. The summed E-state index contributed by atoms with van der Waals surface area (Å²) in [7, 11) is 0. The van der Waals surface area contributed by atoms with Crippen molar-refractivity contribution in [2.45, 2.75) is 13.0 Å². The van der Waals surface area contributed by atoms with Crippen molar-refractivity contribution in [3.8, 4) is 11.6 Å². The van der Waals surface area contributed by atoms with Crippen LogP contribution in [0.25, 0.3) is 0 Å². The first-order valence-corrected chi connectivity index (χ1v) is 6.61. The fourth-order valence-corrected chi connectivity index (χ4v) is 2.21. The van der Waals surface area contributed by atoms with Gasteiger partial charge in [-0.05, 0) is 41.1 Å². The molecule has 1 aromatic carbocycles. The monoisotopic (exact) mass is 345 g/mol. The molecule has 2 rings (SSSR count). The van der Waals surface area contributed by atoms with Crippen LogP contribution in [-0.4, -0.2) is 10.1 Å². The molecule has 0 aliphatic rings. The van der Waals surface area contributed by atoms with Crippen molar-refractivity contribution in [3.63, 3.8) is 0 Å². The van der Waals surface area contributed by atoms with E-state index in [9.17, 15) is 9.50 Å². The Bertz CT molecular complexity index is 607. The second-order valence-electron chi connectivity index (χ2n) is 3.87. The highest BCUT2D eigenvalue weighted by molar-refractivity contribution is 9.10. The van der Waals surface area contributed by atoms with Crippen LogP contribution in [0, 0.1) is 5.82 Å². The van der Waals surface area contributed by atoms with E-state index in [1.165, 1.54) is 12.3 Å². The maximum absolute atomic E-state index is 13.4. The summed E-state index contributed by atoms with van der Waals surface area (Å²) in [5.41, 5.74) is 0.518. The maximum Gasteiger partial charge on any atom is 0.225 e. The van der Waals surface area contributed by atoms with Crippen molar-refractivity contribution in [1.29, 1.82) is 0 Å². The number of hydrogen-bond acceptors (Lipinski definition) is 3. The summed E-state index contributed by atoms with van der Waals surface area (Å²) in [6.07, 6.45) is 0.793. The van der Waals surface area contributed by atoms with Crippen molar-refractivity contribution < 1.29 is 14.2 Å². The fraction of sp³-hybridized carbons (Fsp3) is 0.154. The number of benzene rings is 1. The van der Waals surface area contributed by atoms with Crippen LogP contribution in [0.2, 0.25) is 5.02 Å². The predicted octanol–water partition coefficient (Wildman–Crippen LogP) is 4.48. The molecule has 0 unspecified atom stereocenters. The van der Waals surface area contributed by atoms with E-state index in [1.807, 2.05) is 0 Å². The topological polar surface area (TPSA) is 42.4 Å². The SMILES string of the molecule is C[C@@H](O)c1cccnc1Oc1cc(F)c(Cl)cc1Br. The Hall–Kier alpha value is -1.17. The highest BCUT2D eigenvalue weighted by Crippen LogP contribution is 2.35. The van der Waals surface area contributed by atoms with Gasteiger partial charge >= 0.3 is 0 Å². The number of pyridine rings is 1. The summed E-state index contributed by atoms with van der Waals surface area (Å²) >= 11 is 8.89. The van der Waals surface area contributed by atoms with Gasteiger partial charge in [-0.15, -0.1) is 0 Å². The van der Waals surface area contributed by atoms with Gasteiger partial charge in [0, 0.05) is 17.8 Å². The first kappa shape index (κ1) is 14.2. The van der Waals surface area contributed by atoms with Crippen molar-refractivity contribution in [3.05, 3.63) is 51.3 Å². The quantitative estimate of drug-likeness (QED) is 0.833. The molecular weight excluding hydrogens is 337 g/mol. The van der Waals surface area contributed by atoms with E-state index in [2.05, 4.69) is 20.9 Å². The van der Waals surface area contributed by atoms with Crippen molar-refractivity contribution in [2.75, 3.05) is 0 Å². The average molecular weight is 347 g/mol. The number of ether oxygens (including phenoxy) is 1. The molecule has 0 amide bonds. The van der Waals surface area contributed by atoms with E-state index in [0.29, 0.717) is 10.0 Å². The average Bonchev–Trinajstić information content (AvgIpc) is 2.36. The van der Waals surface area contributed by atoms with E-state index in [4.69, 9.17) is 16.3 Å². The molecule has 2 aromatic rings. The van der Waals surface area contributed by atoms with Crippen LogP contribution in [0.15, 0.2) is 34.9 Å². The zero-order chi connectivity index (χ0) is 14.0. The van der Waals surface area contributed by atoms with Crippen LogP contribution in [0.3, 0.4) is 0 Å². The highest BCUT2D eigenvalue weighted by atomic mass is 79.9. The summed E-state index contributed by atoms with van der Waals surface area (Å²) in [5, 5.41) is 9.62. The zero-order valence-corrected chi connectivity index (χ0v) is 12.2. The Kier molecular flexibility index (Phi) is 4.39. The third-order valence-electron chi connectivity index (χ3n) is 2.43. The number of halogens is 3. The number of aliphatic hydroxyl groups is 1. The Labute approximate surface area is 123 Å². The Morgan fingerprint density at radius 1 is 1.47 bits per heavy atom. The molecule has 1 N–H and O–H groups in total. The van der Waals surface area contributed by atoms with Gasteiger partial charge in [0.2, 0.25) is 5.88 Å². The van der Waals surface area contributed by atoms with E-state index in [-0.39, 0.29) is 16.7 Å². The van der Waals surface area contributed by atoms with Crippen LogP contribution >= 0.6 is 27.5 Å².